The molecule has 1 aliphatic carbocycles. The number of hydrogen-bond acceptors (Lipinski definition) is 3. The van der Waals surface area contributed by atoms with Crippen molar-refractivity contribution in [3.05, 3.63) is 22.7 Å². The lowest BCUT2D eigenvalue weighted by Crippen LogP contribution is -2.05. The second-order valence-corrected chi connectivity index (χ2v) is 4.10. The molecule has 1 aliphatic rings. The van der Waals surface area contributed by atoms with Crippen LogP contribution in [0.15, 0.2) is 12.1 Å². The van der Waals surface area contributed by atoms with Crippen LogP contribution in [0.2, 0.25) is 5.02 Å². The predicted octanol–water partition coefficient (Wildman–Crippen LogP) is 2.34. The van der Waals surface area contributed by atoms with Crippen LogP contribution in [0, 0.1) is 0 Å². The molecule has 0 heterocycles. The van der Waals surface area contributed by atoms with Crippen molar-refractivity contribution in [2.45, 2.75) is 18.4 Å². The van der Waals surface area contributed by atoms with Crippen LogP contribution in [0.1, 0.15) is 18.4 Å². The van der Waals surface area contributed by atoms with E-state index in [0.29, 0.717) is 16.5 Å². The van der Waals surface area contributed by atoms with Gasteiger partial charge in [-0.15, -0.1) is 0 Å². The molecular weight excluding hydrogens is 216 g/mol. The van der Waals surface area contributed by atoms with E-state index in [-0.39, 0.29) is 0 Å². The van der Waals surface area contributed by atoms with Gasteiger partial charge in [0.1, 0.15) is 16.5 Å². The van der Waals surface area contributed by atoms with Crippen LogP contribution in [-0.4, -0.2) is 19.3 Å². The molecule has 0 atom stereocenters. The Morgan fingerprint density at radius 3 is 2.00 bits per heavy atom. The Bertz CT molecular complexity index is 360. The van der Waals surface area contributed by atoms with Crippen molar-refractivity contribution < 1.29 is 14.6 Å². The summed E-state index contributed by atoms with van der Waals surface area (Å²) in [5.41, 5.74) is 0.103. The number of aliphatic hydroxyl groups is 1. The third-order valence-electron chi connectivity index (χ3n) is 2.71. The first-order chi connectivity index (χ1) is 7.10. The molecule has 0 aromatic heterocycles. The van der Waals surface area contributed by atoms with Gasteiger partial charge in [0.05, 0.1) is 19.8 Å². The van der Waals surface area contributed by atoms with E-state index < -0.39 is 5.60 Å². The smallest absolute Gasteiger partial charge is 0.141 e. The van der Waals surface area contributed by atoms with Crippen molar-refractivity contribution in [1.29, 1.82) is 0 Å². The summed E-state index contributed by atoms with van der Waals surface area (Å²) < 4.78 is 10.3. The van der Waals surface area contributed by atoms with E-state index in [1.807, 2.05) is 0 Å². The Labute approximate surface area is 93.6 Å². The summed E-state index contributed by atoms with van der Waals surface area (Å²) in [6.07, 6.45) is 1.56. The van der Waals surface area contributed by atoms with Crippen molar-refractivity contribution >= 4 is 11.6 Å². The summed E-state index contributed by atoms with van der Waals surface area (Å²) in [6, 6.07) is 3.52. The maximum Gasteiger partial charge on any atom is 0.141 e. The Hall–Kier alpha value is -0.930. The molecular formula is C11H13ClO3. The van der Waals surface area contributed by atoms with E-state index >= 15 is 0 Å². The van der Waals surface area contributed by atoms with E-state index in [0.717, 1.165) is 18.4 Å². The highest BCUT2D eigenvalue weighted by Gasteiger charge is 2.43. The first kappa shape index (κ1) is 10.6. The molecule has 0 amide bonds. The molecule has 15 heavy (non-hydrogen) atoms. The molecule has 4 heteroatoms. The van der Waals surface area contributed by atoms with Gasteiger partial charge >= 0.3 is 0 Å². The van der Waals surface area contributed by atoms with E-state index in [1.165, 1.54) is 0 Å². The van der Waals surface area contributed by atoms with Gasteiger partial charge < -0.3 is 14.6 Å². The number of rotatable bonds is 3. The zero-order valence-corrected chi connectivity index (χ0v) is 9.47. The highest BCUT2D eigenvalue weighted by Crippen LogP contribution is 2.49. The second kappa shape index (κ2) is 3.58. The summed E-state index contributed by atoms with van der Waals surface area (Å²) >= 11 is 6.02. The molecule has 0 saturated heterocycles. The molecule has 1 aromatic rings. The van der Waals surface area contributed by atoms with Crippen molar-refractivity contribution in [3.63, 3.8) is 0 Å². The lowest BCUT2D eigenvalue weighted by molar-refractivity contribution is 0.150. The molecule has 0 aliphatic heterocycles. The van der Waals surface area contributed by atoms with Gasteiger partial charge in [0, 0.05) is 0 Å². The third kappa shape index (κ3) is 1.77. The maximum absolute atomic E-state index is 9.98. The normalized spacial score (nSPS) is 17.3. The van der Waals surface area contributed by atoms with Crippen molar-refractivity contribution in [2.75, 3.05) is 14.2 Å². The topological polar surface area (TPSA) is 38.7 Å². The molecule has 0 bridgehead atoms. The second-order valence-electron chi connectivity index (χ2n) is 3.73. The van der Waals surface area contributed by atoms with Crippen LogP contribution in [0.3, 0.4) is 0 Å². The van der Waals surface area contributed by atoms with Gasteiger partial charge in [0.25, 0.3) is 0 Å². The molecule has 1 fully saturated rings. The van der Waals surface area contributed by atoms with Crippen LogP contribution >= 0.6 is 11.6 Å². The zero-order chi connectivity index (χ0) is 11.1. The summed E-state index contributed by atoms with van der Waals surface area (Å²) in [5, 5.41) is 10.4. The lowest BCUT2D eigenvalue weighted by atomic mass is 10.1. The molecule has 3 nitrogen and oxygen atoms in total. The minimum absolute atomic E-state index is 0.438. The van der Waals surface area contributed by atoms with Crippen LogP contribution in [0.4, 0.5) is 0 Å². The lowest BCUT2D eigenvalue weighted by Gasteiger charge is -2.14. The maximum atomic E-state index is 9.98. The predicted molar refractivity (Wildman–Crippen MR) is 57.7 cm³/mol. The van der Waals surface area contributed by atoms with Crippen molar-refractivity contribution in [3.8, 4) is 11.5 Å². The quantitative estimate of drug-likeness (QED) is 0.863. The summed E-state index contributed by atoms with van der Waals surface area (Å²) in [4.78, 5) is 0. The Kier molecular flexibility index (Phi) is 2.52. The average molecular weight is 229 g/mol. The standard InChI is InChI=1S/C11H13ClO3/c1-14-8-5-7(11(13)3-4-11)6-9(15-2)10(8)12/h5-6,13H,3-4H2,1-2H3. The minimum Gasteiger partial charge on any atom is -0.495 e. The molecule has 2 rings (SSSR count). The third-order valence-corrected chi connectivity index (χ3v) is 3.08. The summed E-state index contributed by atoms with van der Waals surface area (Å²) in [6.45, 7) is 0. The highest BCUT2D eigenvalue weighted by molar-refractivity contribution is 6.33. The van der Waals surface area contributed by atoms with E-state index in [2.05, 4.69) is 0 Å². The van der Waals surface area contributed by atoms with Gasteiger partial charge in [0.15, 0.2) is 0 Å². The SMILES string of the molecule is COc1cc(C2(O)CC2)cc(OC)c1Cl. The fraction of sp³-hybridized carbons (Fsp3) is 0.455. The molecule has 0 unspecified atom stereocenters. The number of halogens is 1. The molecule has 1 aromatic carbocycles. The summed E-state index contributed by atoms with van der Waals surface area (Å²) in [5.74, 6) is 1.07. The minimum atomic E-state index is -0.703. The van der Waals surface area contributed by atoms with Gasteiger partial charge in [-0.25, -0.2) is 0 Å². The largest absolute Gasteiger partial charge is 0.495 e. The van der Waals surface area contributed by atoms with Gasteiger partial charge in [-0.05, 0) is 30.5 Å². The van der Waals surface area contributed by atoms with Gasteiger partial charge in [0.2, 0.25) is 0 Å². The fourth-order valence-electron chi connectivity index (χ4n) is 1.55. The van der Waals surface area contributed by atoms with Crippen molar-refractivity contribution in [2.24, 2.45) is 0 Å². The van der Waals surface area contributed by atoms with Crippen LogP contribution in [-0.2, 0) is 5.60 Å². The van der Waals surface area contributed by atoms with E-state index in [1.54, 1.807) is 26.4 Å². The van der Waals surface area contributed by atoms with Crippen LogP contribution < -0.4 is 9.47 Å². The van der Waals surface area contributed by atoms with Crippen LogP contribution in [0.25, 0.3) is 0 Å². The highest BCUT2D eigenvalue weighted by atomic mass is 35.5. The fourth-order valence-corrected chi connectivity index (χ4v) is 1.81. The number of benzene rings is 1. The van der Waals surface area contributed by atoms with Crippen LogP contribution in [0.5, 0.6) is 11.5 Å². The van der Waals surface area contributed by atoms with Gasteiger partial charge in [-0.3, -0.25) is 0 Å². The number of ether oxygens (including phenoxy) is 2. The molecule has 82 valence electrons. The Morgan fingerprint density at radius 2 is 1.67 bits per heavy atom. The molecule has 1 N–H and O–H groups in total. The first-order valence-corrected chi connectivity index (χ1v) is 5.13. The zero-order valence-electron chi connectivity index (χ0n) is 8.71. The molecule has 1 saturated carbocycles. The molecule has 0 radical (unpaired) electrons. The number of hydrogen-bond donors (Lipinski definition) is 1. The molecule has 0 spiro atoms. The first-order valence-electron chi connectivity index (χ1n) is 4.75. The van der Waals surface area contributed by atoms with E-state index in [4.69, 9.17) is 21.1 Å². The monoisotopic (exact) mass is 228 g/mol. The van der Waals surface area contributed by atoms with Gasteiger partial charge in [-0.1, -0.05) is 11.6 Å². The van der Waals surface area contributed by atoms with Gasteiger partial charge in [-0.2, -0.15) is 0 Å². The van der Waals surface area contributed by atoms with E-state index in [9.17, 15) is 5.11 Å². The Balaban J connectivity index is 2.49. The number of methoxy groups -OCH3 is 2. The Morgan fingerprint density at radius 1 is 1.20 bits per heavy atom. The summed E-state index contributed by atoms with van der Waals surface area (Å²) in [7, 11) is 3.09. The average Bonchev–Trinajstić information content (AvgIpc) is 2.98. The van der Waals surface area contributed by atoms with Crippen molar-refractivity contribution in [1.82, 2.24) is 0 Å².